The van der Waals surface area contributed by atoms with Gasteiger partial charge in [-0.2, -0.15) is 0 Å². The Morgan fingerprint density at radius 1 is 1.35 bits per heavy atom. The van der Waals surface area contributed by atoms with Gasteiger partial charge in [0.25, 0.3) is 0 Å². The van der Waals surface area contributed by atoms with E-state index in [1.165, 1.54) is 0 Å². The molecule has 0 fully saturated rings. The van der Waals surface area contributed by atoms with E-state index in [-0.39, 0.29) is 12.5 Å². The second kappa shape index (κ2) is 6.81. The van der Waals surface area contributed by atoms with Crippen LogP contribution in [0.25, 0.3) is 0 Å². The summed E-state index contributed by atoms with van der Waals surface area (Å²) in [6.07, 6.45) is 2.01. The van der Waals surface area contributed by atoms with Crippen molar-refractivity contribution in [3.05, 3.63) is 22.7 Å². The van der Waals surface area contributed by atoms with E-state index < -0.39 is 5.97 Å². The Morgan fingerprint density at radius 3 is 2.65 bits per heavy atom. The van der Waals surface area contributed by atoms with Gasteiger partial charge in [-0.1, -0.05) is 11.6 Å². The second-order valence-electron chi connectivity index (χ2n) is 4.76. The van der Waals surface area contributed by atoms with Crippen LogP contribution in [0.1, 0.15) is 37.3 Å². The molecule has 1 aliphatic rings. The van der Waals surface area contributed by atoms with Crippen LogP contribution in [-0.2, 0) is 4.79 Å². The normalized spacial score (nSPS) is 15.5. The molecule has 6 heteroatoms. The first-order valence-electron chi connectivity index (χ1n) is 6.64. The molecule has 20 heavy (non-hydrogen) atoms. The van der Waals surface area contributed by atoms with Crippen molar-refractivity contribution in [1.82, 2.24) is 0 Å². The highest BCUT2D eigenvalue weighted by atomic mass is 35.5. The minimum Gasteiger partial charge on any atom is -0.490 e. The lowest BCUT2D eigenvalue weighted by atomic mass is 10.0. The number of fused-ring (bicyclic) bond motifs is 1. The highest BCUT2D eigenvalue weighted by Crippen LogP contribution is 2.37. The van der Waals surface area contributed by atoms with Crippen LogP contribution >= 0.6 is 11.6 Å². The van der Waals surface area contributed by atoms with E-state index in [9.17, 15) is 4.79 Å². The minimum atomic E-state index is -0.818. The number of carbonyl (C=O) groups is 1. The number of carboxylic acids is 1. The number of carboxylic acid groups (broad SMARTS) is 1. The molecule has 1 aromatic rings. The Hall–Kier alpha value is -1.46. The molecule has 1 aliphatic heterocycles. The Morgan fingerprint density at radius 2 is 2.00 bits per heavy atom. The van der Waals surface area contributed by atoms with Crippen molar-refractivity contribution in [3.63, 3.8) is 0 Å². The summed E-state index contributed by atoms with van der Waals surface area (Å²) in [6, 6.07) is 3.21. The molecule has 1 heterocycles. The highest BCUT2D eigenvalue weighted by molar-refractivity contribution is 6.31. The quantitative estimate of drug-likeness (QED) is 0.873. The van der Waals surface area contributed by atoms with E-state index in [1.807, 2.05) is 0 Å². The average Bonchev–Trinajstić information content (AvgIpc) is 2.61. The zero-order chi connectivity index (χ0) is 14.5. The summed E-state index contributed by atoms with van der Waals surface area (Å²) in [4.78, 5) is 10.5. The van der Waals surface area contributed by atoms with E-state index in [4.69, 9.17) is 31.9 Å². The summed E-state index contributed by atoms with van der Waals surface area (Å²) < 4.78 is 11.2. The van der Waals surface area contributed by atoms with Gasteiger partial charge in [-0.15, -0.1) is 0 Å². The molecule has 5 nitrogen and oxygen atoms in total. The molecule has 1 aromatic carbocycles. The molecule has 0 bridgehead atoms. The molecular weight excluding hydrogens is 282 g/mol. The van der Waals surface area contributed by atoms with Gasteiger partial charge in [0.15, 0.2) is 11.5 Å². The van der Waals surface area contributed by atoms with Gasteiger partial charge in [0.1, 0.15) is 0 Å². The number of hydrogen-bond acceptors (Lipinski definition) is 4. The number of ether oxygens (including phenoxy) is 2. The lowest BCUT2D eigenvalue weighted by molar-refractivity contribution is -0.137. The molecule has 0 saturated carbocycles. The molecule has 110 valence electrons. The van der Waals surface area contributed by atoms with Gasteiger partial charge in [-0.05, 0) is 24.5 Å². The Labute approximate surface area is 122 Å². The van der Waals surface area contributed by atoms with Crippen LogP contribution in [-0.4, -0.2) is 24.3 Å². The number of hydrogen-bond donors (Lipinski definition) is 2. The van der Waals surface area contributed by atoms with Crippen LogP contribution in [0.3, 0.4) is 0 Å². The van der Waals surface area contributed by atoms with E-state index in [0.717, 1.165) is 12.0 Å². The van der Waals surface area contributed by atoms with Crippen molar-refractivity contribution in [1.29, 1.82) is 0 Å². The fourth-order valence-electron chi connectivity index (χ4n) is 2.11. The van der Waals surface area contributed by atoms with Gasteiger partial charge in [0.05, 0.1) is 13.2 Å². The lowest BCUT2D eigenvalue weighted by Crippen LogP contribution is -2.12. The number of rotatable bonds is 5. The van der Waals surface area contributed by atoms with Crippen LogP contribution in [0.15, 0.2) is 12.1 Å². The summed E-state index contributed by atoms with van der Waals surface area (Å²) in [6.45, 7) is 1.20. The van der Waals surface area contributed by atoms with E-state index in [2.05, 4.69) is 0 Å². The summed E-state index contributed by atoms with van der Waals surface area (Å²) in [7, 11) is 0. The van der Waals surface area contributed by atoms with Crippen molar-refractivity contribution in [3.8, 4) is 11.5 Å². The van der Waals surface area contributed by atoms with E-state index >= 15 is 0 Å². The highest BCUT2D eigenvalue weighted by Gasteiger charge is 2.18. The number of aliphatic carboxylic acids is 1. The standard InChI is InChI=1S/C14H18ClNO4/c15-10-8-13-12(19-5-2-6-20-13)7-9(10)11(16)3-1-4-14(17)18/h7-8,11H,1-6,16H2,(H,17,18). The largest absolute Gasteiger partial charge is 0.490 e. The summed E-state index contributed by atoms with van der Waals surface area (Å²) in [5, 5.41) is 9.16. The van der Waals surface area contributed by atoms with E-state index in [0.29, 0.717) is 42.6 Å². The van der Waals surface area contributed by atoms with Crippen LogP contribution < -0.4 is 15.2 Å². The van der Waals surface area contributed by atoms with Crippen LogP contribution in [0.5, 0.6) is 11.5 Å². The number of halogens is 1. The van der Waals surface area contributed by atoms with Crippen molar-refractivity contribution in [2.75, 3.05) is 13.2 Å². The maximum atomic E-state index is 10.5. The Balaban J connectivity index is 2.10. The zero-order valence-electron chi connectivity index (χ0n) is 11.1. The first-order chi connectivity index (χ1) is 9.58. The lowest BCUT2D eigenvalue weighted by Gasteiger charge is -2.16. The summed E-state index contributed by atoms with van der Waals surface area (Å²) in [5.41, 5.74) is 6.85. The maximum absolute atomic E-state index is 10.5. The van der Waals surface area contributed by atoms with Gasteiger partial charge >= 0.3 is 5.97 Å². The average molecular weight is 300 g/mol. The summed E-state index contributed by atoms with van der Waals surface area (Å²) >= 11 is 6.22. The third-order valence-corrected chi connectivity index (χ3v) is 3.50. The van der Waals surface area contributed by atoms with Crippen molar-refractivity contribution in [2.45, 2.75) is 31.7 Å². The fraction of sp³-hybridized carbons (Fsp3) is 0.500. The van der Waals surface area contributed by atoms with Gasteiger partial charge in [0.2, 0.25) is 0 Å². The molecule has 3 N–H and O–H groups in total. The SMILES string of the molecule is NC(CCCC(=O)O)c1cc2c(cc1Cl)OCCCO2. The molecule has 0 radical (unpaired) electrons. The molecular formula is C14H18ClNO4. The van der Waals surface area contributed by atoms with Gasteiger partial charge in [-0.25, -0.2) is 0 Å². The van der Waals surface area contributed by atoms with Crippen LogP contribution in [0.4, 0.5) is 0 Å². The molecule has 0 saturated heterocycles. The first-order valence-corrected chi connectivity index (χ1v) is 7.02. The molecule has 0 amide bonds. The maximum Gasteiger partial charge on any atom is 0.303 e. The van der Waals surface area contributed by atoms with Crippen molar-refractivity contribution in [2.24, 2.45) is 5.73 Å². The molecule has 0 aliphatic carbocycles. The smallest absolute Gasteiger partial charge is 0.303 e. The number of nitrogens with two attached hydrogens (primary N) is 1. The second-order valence-corrected chi connectivity index (χ2v) is 5.17. The molecule has 0 spiro atoms. The molecule has 1 atom stereocenters. The fourth-order valence-corrected chi connectivity index (χ4v) is 2.41. The van der Waals surface area contributed by atoms with Crippen LogP contribution in [0.2, 0.25) is 5.02 Å². The topological polar surface area (TPSA) is 81.8 Å². The molecule has 2 rings (SSSR count). The molecule has 0 aromatic heterocycles. The third kappa shape index (κ3) is 3.77. The van der Waals surface area contributed by atoms with Gasteiger partial charge in [-0.3, -0.25) is 4.79 Å². The minimum absolute atomic E-state index is 0.107. The van der Waals surface area contributed by atoms with Crippen molar-refractivity contribution < 1.29 is 19.4 Å². The first kappa shape index (κ1) is 14.9. The zero-order valence-corrected chi connectivity index (χ0v) is 11.9. The predicted octanol–water partition coefficient (Wildman–Crippen LogP) is 2.76. The van der Waals surface area contributed by atoms with Crippen molar-refractivity contribution >= 4 is 17.6 Å². The van der Waals surface area contributed by atoms with Gasteiger partial charge < -0.3 is 20.3 Å². The monoisotopic (exact) mass is 299 g/mol. The Kier molecular flexibility index (Phi) is 5.09. The number of benzene rings is 1. The Bertz CT molecular complexity index is 492. The van der Waals surface area contributed by atoms with E-state index in [1.54, 1.807) is 12.1 Å². The van der Waals surface area contributed by atoms with Crippen LogP contribution in [0, 0.1) is 0 Å². The summed E-state index contributed by atoms with van der Waals surface area (Å²) in [5.74, 6) is 0.464. The molecule has 1 unspecified atom stereocenters. The third-order valence-electron chi connectivity index (χ3n) is 3.17. The predicted molar refractivity (Wildman–Crippen MR) is 75.5 cm³/mol. The van der Waals surface area contributed by atoms with Gasteiger partial charge in [0, 0.05) is 30.0 Å².